The maximum atomic E-state index is 13.1. The van der Waals surface area contributed by atoms with Crippen LogP contribution in [0.4, 0.5) is 5.13 Å². The average molecular weight is 474 g/mol. The maximum Gasteiger partial charge on any atom is 0.257 e. The van der Waals surface area contributed by atoms with Gasteiger partial charge >= 0.3 is 0 Å². The molecule has 0 bridgehead atoms. The van der Waals surface area contributed by atoms with E-state index in [9.17, 15) is 9.59 Å². The molecule has 0 saturated heterocycles. The molecule has 0 unspecified atom stereocenters. The number of rotatable bonds is 7. The molecule has 3 aromatic carbocycles. The number of nitrogens with one attached hydrogen (secondary N) is 1. The topological polar surface area (TPSA) is 71.5 Å². The highest BCUT2D eigenvalue weighted by Crippen LogP contribution is 2.30. The number of carbonyl (C=O) groups is 2. The zero-order valence-corrected chi connectivity index (χ0v) is 20.5. The Balaban J connectivity index is 1.57. The van der Waals surface area contributed by atoms with Crippen LogP contribution < -0.4 is 10.1 Å². The lowest BCUT2D eigenvalue weighted by Gasteiger charge is -2.18. The lowest BCUT2D eigenvalue weighted by molar-refractivity contribution is 0.0773. The van der Waals surface area contributed by atoms with E-state index in [-0.39, 0.29) is 11.8 Å². The molecule has 0 aliphatic rings. The number of aromatic nitrogens is 1. The number of hydrogen-bond donors (Lipinski definition) is 1. The summed E-state index contributed by atoms with van der Waals surface area (Å²) in [6.07, 6.45) is 0. The van der Waals surface area contributed by atoms with Gasteiger partial charge in [0.25, 0.3) is 11.8 Å². The van der Waals surface area contributed by atoms with Crippen molar-refractivity contribution in [3.8, 4) is 16.9 Å². The predicted molar refractivity (Wildman–Crippen MR) is 138 cm³/mol. The molecule has 0 spiro atoms. The van der Waals surface area contributed by atoms with Crippen LogP contribution in [0.2, 0.25) is 0 Å². The van der Waals surface area contributed by atoms with Crippen molar-refractivity contribution in [3.05, 3.63) is 77.4 Å². The summed E-state index contributed by atoms with van der Waals surface area (Å²) in [6.45, 7) is 7.19. The molecular formula is C27H27N3O3S. The normalized spacial score (nSPS) is 10.8. The van der Waals surface area contributed by atoms with Crippen molar-refractivity contribution in [2.45, 2.75) is 20.8 Å². The Bertz CT molecular complexity index is 1340. The van der Waals surface area contributed by atoms with Crippen LogP contribution in [0.25, 0.3) is 21.3 Å². The second-order valence-electron chi connectivity index (χ2n) is 7.84. The average Bonchev–Trinajstić information content (AvgIpc) is 3.26. The molecule has 0 aliphatic heterocycles. The molecule has 1 heterocycles. The number of hydrogen-bond acceptors (Lipinski definition) is 5. The fourth-order valence-electron chi connectivity index (χ4n) is 3.93. The van der Waals surface area contributed by atoms with Gasteiger partial charge in [-0.25, -0.2) is 4.98 Å². The van der Waals surface area contributed by atoms with E-state index in [1.807, 2.05) is 75.4 Å². The highest BCUT2D eigenvalue weighted by atomic mass is 32.1. The predicted octanol–water partition coefficient (Wildman–Crippen LogP) is 6.01. The minimum absolute atomic E-state index is 0.00291. The number of methoxy groups -OCH3 is 1. The fourth-order valence-corrected chi connectivity index (χ4v) is 4.83. The van der Waals surface area contributed by atoms with Gasteiger partial charge in [0, 0.05) is 24.2 Å². The number of benzene rings is 3. The second-order valence-corrected chi connectivity index (χ2v) is 8.87. The third kappa shape index (κ3) is 4.65. The Morgan fingerprint density at radius 3 is 2.44 bits per heavy atom. The molecule has 0 atom stereocenters. The lowest BCUT2D eigenvalue weighted by atomic mass is 9.96. The van der Waals surface area contributed by atoms with Gasteiger partial charge in [-0.1, -0.05) is 35.6 Å². The van der Waals surface area contributed by atoms with Crippen molar-refractivity contribution in [1.29, 1.82) is 0 Å². The zero-order chi connectivity index (χ0) is 24.2. The van der Waals surface area contributed by atoms with Crippen LogP contribution in [0, 0.1) is 6.92 Å². The van der Waals surface area contributed by atoms with E-state index < -0.39 is 0 Å². The number of fused-ring (bicyclic) bond motifs is 1. The van der Waals surface area contributed by atoms with Crippen LogP contribution in [0.1, 0.15) is 40.1 Å². The first kappa shape index (κ1) is 23.4. The molecule has 4 aromatic rings. The summed E-state index contributed by atoms with van der Waals surface area (Å²) in [5.74, 6) is 0.566. The largest absolute Gasteiger partial charge is 0.497 e. The molecule has 7 heteroatoms. The van der Waals surface area contributed by atoms with Gasteiger partial charge in [0.15, 0.2) is 5.13 Å². The van der Waals surface area contributed by atoms with Gasteiger partial charge in [-0.2, -0.15) is 0 Å². The molecule has 1 N–H and O–H groups in total. The van der Waals surface area contributed by atoms with Gasteiger partial charge < -0.3 is 9.64 Å². The molecular weight excluding hydrogens is 446 g/mol. The van der Waals surface area contributed by atoms with E-state index in [0.29, 0.717) is 29.3 Å². The number of amides is 2. The Labute approximate surface area is 203 Å². The first-order valence-corrected chi connectivity index (χ1v) is 12.0. The number of thiazole rings is 1. The molecule has 2 amide bonds. The van der Waals surface area contributed by atoms with Crippen LogP contribution in [0.3, 0.4) is 0 Å². The quantitative estimate of drug-likeness (QED) is 0.357. The lowest BCUT2D eigenvalue weighted by Crippen LogP contribution is -2.30. The third-order valence-corrected chi connectivity index (χ3v) is 6.82. The molecule has 0 fully saturated rings. The summed E-state index contributed by atoms with van der Waals surface area (Å²) in [7, 11) is 1.64. The minimum atomic E-state index is -0.216. The molecule has 0 aliphatic carbocycles. The minimum Gasteiger partial charge on any atom is -0.497 e. The van der Waals surface area contributed by atoms with E-state index in [2.05, 4.69) is 10.3 Å². The summed E-state index contributed by atoms with van der Waals surface area (Å²) in [4.78, 5) is 32.1. The van der Waals surface area contributed by atoms with Crippen molar-refractivity contribution < 1.29 is 14.3 Å². The van der Waals surface area contributed by atoms with Gasteiger partial charge in [0.1, 0.15) is 5.75 Å². The summed E-state index contributed by atoms with van der Waals surface area (Å²) < 4.78 is 6.10. The second kappa shape index (κ2) is 10.1. The number of ether oxygens (including phenoxy) is 1. The molecule has 6 nitrogen and oxygen atoms in total. The smallest absolute Gasteiger partial charge is 0.257 e. The van der Waals surface area contributed by atoms with Gasteiger partial charge in [0.05, 0.1) is 17.3 Å². The van der Waals surface area contributed by atoms with Crippen molar-refractivity contribution in [1.82, 2.24) is 9.88 Å². The van der Waals surface area contributed by atoms with E-state index in [0.717, 1.165) is 32.7 Å². The first-order valence-electron chi connectivity index (χ1n) is 11.2. The number of anilines is 1. The molecule has 4 rings (SSSR count). The Morgan fingerprint density at radius 1 is 1.03 bits per heavy atom. The summed E-state index contributed by atoms with van der Waals surface area (Å²) >= 11 is 1.36. The highest BCUT2D eigenvalue weighted by Gasteiger charge is 2.17. The van der Waals surface area contributed by atoms with Crippen molar-refractivity contribution in [2.24, 2.45) is 0 Å². The fraction of sp³-hybridized carbons (Fsp3) is 0.222. The Hall–Kier alpha value is -3.71. The number of carbonyl (C=O) groups excluding carboxylic acids is 2. The molecule has 174 valence electrons. The summed E-state index contributed by atoms with van der Waals surface area (Å²) in [5.41, 5.74) is 4.85. The standard InChI is InChI=1S/C27H27N3O3S/c1-5-30(6-2)26(32)19-12-15-23-24(16-19)34-27(28-23)29-25(31)22-9-7-8-21(17(22)3)18-10-13-20(33-4)14-11-18/h7-16H,5-6H2,1-4H3,(H,28,29,31). The molecule has 0 saturated carbocycles. The van der Waals surface area contributed by atoms with Crippen LogP contribution in [0.15, 0.2) is 60.7 Å². The van der Waals surface area contributed by atoms with Crippen molar-refractivity contribution >= 4 is 38.5 Å². The summed E-state index contributed by atoms with van der Waals surface area (Å²) in [5, 5.41) is 3.43. The Morgan fingerprint density at radius 2 is 1.76 bits per heavy atom. The molecule has 1 aromatic heterocycles. The van der Waals surface area contributed by atoms with Crippen molar-refractivity contribution in [3.63, 3.8) is 0 Å². The van der Waals surface area contributed by atoms with Crippen LogP contribution >= 0.6 is 11.3 Å². The first-order chi connectivity index (χ1) is 16.4. The van der Waals surface area contributed by atoms with Gasteiger partial charge in [0.2, 0.25) is 0 Å². The summed E-state index contributed by atoms with van der Waals surface area (Å²) in [6, 6.07) is 18.9. The Kier molecular flexibility index (Phi) is 6.93. The van der Waals surface area contributed by atoms with Crippen LogP contribution in [-0.2, 0) is 0 Å². The van der Waals surface area contributed by atoms with E-state index in [1.54, 1.807) is 18.1 Å². The maximum absolute atomic E-state index is 13.1. The van der Waals surface area contributed by atoms with Gasteiger partial charge in [-0.3, -0.25) is 14.9 Å². The SMILES string of the molecule is CCN(CC)C(=O)c1ccc2nc(NC(=O)c3cccc(-c4ccc(OC)cc4)c3C)sc2c1. The van der Waals surface area contributed by atoms with Gasteiger partial charge in [-0.05, 0) is 73.9 Å². The number of nitrogens with zero attached hydrogens (tertiary/aromatic N) is 2. The van der Waals surface area contributed by atoms with E-state index in [4.69, 9.17) is 4.74 Å². The molecule has 34 heavy (non-hydrogen) atoms. The zero-order valence-electron chi connectivity index (χ0n) is 19.7. The van der Waals surface area contributed by atoms with Crippen molar-refractivity contribution in [2.75, 3.05) is 25.5 Å². The van der Waals surface area contributed by atoms with E-state index in [1.165, 1.54) is 11.3 Å². The van der Waals surface area contributed by atoms with E-state index >= 15 is 0 Å². The monoisotopic (exact) mass is 473 g/mol. The van der Waals surface area contributed by atoms with Gasteiger partial charge in [-0.15, -0.1) is 0 Å². The third-order valence-electron chi connectivity index (χ3n) is 5.89. The molecule has 0 radical (unpaired) electrons. The van der Waals surface area contributed by atoms with Crippen LogP contribution in [0.5, 0.6) is 5.75 Å². The highest BCUT2D eigenvalue weighted by molar-refractivity contribution is 7.22. The van der Waals surface area contributed by atoms with Crippen LogP contribution in [-0.4, -0.2) is 41.9 Å².